The number of nitrogens with zero attached hydrogens (tertiary/aromatic N) is 1. The normalized spacial score (nSPS) is 13.8. The number of methoxy groups -OCH3 is 2. The van der Waals surface area contributed by atoms with E-state index >= 15 is 0 Å². The van der Waals surface area contributed by atoms with Crippen LogP contribution in [0.3, 0.4) is 0 Å². The Morgan fingerprint density at radius 1 is 1.35 bits per heavy atom. The van der Waals surface area contributed by atoms with E-state index in [0.29, 0.717) is 22.9 Å². The van der Waals surface area contributed by atoms with Crippen LogP contribution < -0.4 is 14.8 Å². The molecule has 0 aromatic heterocycles. The molecule has 0 radical (unpaired) electrons. The fourth-order valence-corrected chi connectivity index (χ4v) is 3.42. The second kappa shape index (κ2) is 7.44. The number of amides is 1. The van der Waals surface area contributed by atoms with E-state index < -0.39 is 0 Å². The first-order chi connectivity index (χ1) is 9.71. The highest BCUT2D eigenvalue weighted by molar-refractivity contribution is 8.39. The first kappa shape index (κ1) is 15.1. The van der Waals surface area contributed by atoms with Crippen LogP contribution in [-0.2, 0) is 4.79 Å². The van der Waals surface area contributed by atoms with Crippen LogP contribution in [0.25, 0.3) is 0 Å². The number of nitrogens with one attached hydrogen (secondary N) is 1. The van der Waals surface area contributed by atoms with Crippen molar-refractivity contribution in [3.63, 3.8) is 0 Å². The van der Waals surface area contributed by atoms with Gasteiger partial charge in [-0.1, -0.05) is 23.5 Å². The molecule has 0 saturated carbocycles. The zero-order chi connectivity index (χ0) is 14.4. The predicted molar refractivity (Wildman–Crippen MR) is 85.4 cm³/mol. The number of hydrogen-bond donors (Lipinski definition) is 1. The Hall–Kier alpha value is -1.34. The van der Waals surface area contributed by atoms with Crippen molar-refractivity contribution in [2.24, 2.45) is 4.99 Å². The van der Waals surface area contributed by atoms with Crippen LogP contribution in [0, 0.1) is 0 Å². The van der Waals surface area contributed by atoms with Crippen molar-refractivity contribution >= 4 is 39.5 Å². The lowest BCUT2D eigenvalue weighted by molar-refractivity contribution is -0.113. The molecular weight excluding hydrogens is 296 g/mol. The molecule has 1 aliphatic heterocycles. The van der Waals surface area contributed by atoms with Crippen LogP contribution >= 0.6 is 23.5 Å². The van der Waals surface area contributed by atoms with E-state index in [1.165, 1.54) is 11.8 Å². The Balaban J connectivity index is 1.92. The van der Waals surface area contributed by atoms with Crippen molar-refractivity contribution in [2.75, 3.05) is 37.6 Å². The first-order valence-electron chi connectivity index (χ1n) is 6.04. The molecule has 0 fully saturated rings. The second-order valence-corrected chi connectivity index (χ2v) is 6.24. The van der Waals surface area contributed by atoms with Gasteiger partial charge >= 0.3 is 0 Å². The summed E-state index contributed by atoms with van der Waals surface area (Å²) in [5.74, 6) is 2.58. The molecule has 0 bridgehead atoms. The van der Waals surface area contributed by atoms with E-state index in [1.807, 2.05) is 0 Å². The highest BCUT2D eigenvalue weighted by Crippen LogP contribution is 2.26. The summed E-state index contributed by atoms with van der Waals surface area (Å²) in [7, 11) is 3.15. The average Bonchev–Trinajstić information content (AvgIpc) is 2.98. The molecule has 1 amide bonds. The fraction of sp³-hybridized carbons (Fsp3) is 0.385. The minimum absolute atomic E-state index is 0.0690. The second-order valence-electron chi connectivity index (χ2n) is 3.93. The van der Waals surface area contributed by atoms with Gasteiger partial charge in [-0.05, 0) is 0 Å². The van der Waals surface area contributed by atoms with E-state index in [0.717, 1.165) is 16.7 Å². The van der Waals surface area contributed by atoms with Gasteiger partial charge in [-0.15, -0.1) is 0 Å². The lowest BCUT2D eigenvalue weighted by atomic mass is 10.2. The Bertz CT molecular complexity index is 498. The first-order valence-corrected chi connectivity index (χ1v) is 8.01. The SMILES string of the molecule is COc1cc(NC(=O)CSC2=NCCS2)cc(OC)c1. The number of carbonyl (C=O) groups excluding carboxylic acids is 1. The Labute approximate surface area is 126 Å². The zero-order valence-corrected chi connectivity index (χ0v) is 13.0. The van der Waals surface area contributed by atoms with E-state index in [1.54, 1.807) is 44.2 Å². The number of aliphatic imine (C=N–C) groups is 1. The molecule has 0 aliphatic carbocycles. The van der Waals surface area contributed by atoms with E-state index in [9.17, 15) is 4.79 Å². The van der Waals surface area contributed by atoms with Gasteiger partial charge < -0.3 is 14.8 Å². The van der Waals surface area contributed by atoms with E-state index in [2.05, 4.69) is 10.3 Å². The van der Waals surface area contributed by atoms with Crippen molar-refractivity contribution in [3.8, 4) is 11.5 Å². The summed E-state index contributed by atoms with van der Waals surface area (Å²) in [6, 6.07) is 5.27. The van der Waals surface area contributed by atoms with Gasteiger partial charge in [0.2, 0.25) is 5.91 Å². The van der Waals surface area contributed by atoms with Crippen LogP contribution in [-0.4, -0.2) is 42.6 Å². The number of thioether (sulfide) groups is 2. The lowest BCUT2D eigenvalue weighted by Crippen LogP contribution is -2.14. The summed E-state index contributed by atoms with van der Waals surface area (Å²) in [6.45, 7) is 0.849. The smallest absolute Gasteiger partial charge is 0.234 e. The number of carbonyl (C=O) groups is 1. The van der Waals surface area contributed by atoms with Crippen LogP contribution in [0.5, 0.6) is 11.5 Å². The maximum atomic E-state index is 11.9. The van der Waals surface area contributed by atoms with Crippen LogP contribution in [0.1, 0.15) is 0 Å². The number of benzene rings is 1. The summed E-state index contributed by atoms with van der Waals surface area (Å²) in [5.41, 5.74) is 0.660. The average molecular weight is 312 g/mol. The molecule has 2 rings (SSSR count). The Morgan fingerprint density at radius 3 is 2.60 bits per heavy atom. The summed E-state index contributed by atoms with van der Waals surface area (Å²) in [6.07, 6.45) is 0. The summed E-state index contributed by atoms with van der Waals surface area (Å²) in [4.78, 5) is 16.2. The third-order valence-electron chi connectivity index (χ3n) is 2.52. The minimum atomic E-state index is -0.0690. The van der Waals surface area contributed by atoms with Crippen molar-refractivity contribution < 1.29 is 14.3 Å². The molecule has 108 valence electrons. The molecule has 0 unspecified atom stereocenters. The molecule has 0 atom stereocenters. The lowest BCUT2D eigenvalue weighted by Gasteiger charge is -2.09. The van der Waals surface area contributed by atoms with Gasteiger partial charge in [0.25, 0.3) is 0 Å². The number of ether oxygens (including phenoxy) is 2. The molecule has 1 N–H and O–H groups in total. The van der Waals surface area contributed by atoms with E-state index in [4.69, 9.17) is 9.47 Å². The summed E-state index contributed by atoms with van der Waals surface area (Å²) < 4.78 is 11.3. The molecule has 7 heteroatoms. The van der Waals surface area contributed by atoms with Crippen molar-refractivity contribution in [3.05, 3.63) is 18.2 Å². The molecule has 0 saturated heterocycles. The fourth-order valence-electron chi connectivity index (χ4n) is 1.61. The van der Waals surface area contributed by atoms with Crippen LogP contribution in [0.2, 0.25) is 0 Å². The van der Waals surface area contributed by atoms with Gasteiger partial charge in [-0.3, -0.25) is 9.79 Å². The van der Waals surface area contributed by atoms with Gasteiger partial charge in [-0.2, -0.15) is 0 Å². The Morgan fingerprint density at radius 2 is 2.05 bits per heavy atom. The monoisotopic (exact) mass is 312 g/mol. The quantitative estimate of drug-likeness (QED) is 0.905. The molecule has 1 aromatic rings. The van der Waals surface area contributed by atoms with Gasteiger partial charge in [0.15, 0.2) is 0 Å². The Kier molecular flexibility index (Phi) is 5.60. The van der Waals surface area contributed by atoms with Crippen molar-refractivity contribution in [2.45, 2.75) is 0 Å². The third-order valence-corrected chi connectivity index (χ3v) is 4.77. The highest BCUT2D eigenvalue weighted by atomic mass is 32.2. The standard InChI is InChI=1S/C13H16N2O3S2/c1-17-10-5-9(6-11(7-10)18-2)15-12(16)8-20-13-14-3-4-19-13/h5-7H,3-4,8H2,1-2H3,(H,15,16). The molecule has 1 aromatic carbocycles. The molecule has 1 aliphatic rings. The topological polar surface area (TPSA) is 59.9 Å². The van der Waals surface area contributed by atoms with Gasteiger partial charge in [0, 0.05) is 29.6 Å². The number of rotatable bonds is 5. The molecular formula is C13H16N2O3S2. The van der Waals surface area contributed by atoms with Gasteiger partial charge in [0.1, 0.15) is 15.9 Å². The number of anilines is 1. The largest absolute Gasteiger partial charge is 0.497 e. The number of hydrogen-bond acceptors (Lipinski definition) is 6. The zero-order valence-electron chi connectivity index (χ0n) is 11.3. The minimum Gasteiger partial charge on any atom is -0.497 e. The molecule has 0 spiro atoms. The maximum Gasteiger partial charge on any atom is 0.234 e. The van der Waals surface area contributed by atoms with Crippen LogP contribution in [0.15, 0.2) is 23.2 Å². The van der Waals surface area contributed by atoms with Crippen LogP contribution in [0.4, 0.5) is 5.69 Å². The highest BCUT2D eigenvalue weighted by Gasteiger charge is 2.11. The summed E-state index contributed by atoms with van der Waals surface area (Å²) in [5, 5.41) is 2.83. The van der Waals surface area contributed by atoms with Crippen molar-refractivity contribution in [1.82, 2.24) is 0 Å². The molecule has 1 heterocycles. The van der Waals surface area contributed by atoms with Crippen molar-refractivity contribution in [1.29, 1.82) is 0 Å². The van der Waals surface area contributed by atoms with Gasteiger partial charge in [0.05, 0.1) is 26.5 Å². The third kappa shape index (κ3) is 4.35. The molecule has 5 nitrogen and oxygen atoms in total. The predicted octanol–water partition coefficient (Wildman–Crippen LogP) is 2.48. The van der Waals surface area contributed by atoms with E-state index in [-0.39, 0.29) is 5.91 Å². The maximum absolute atomic E-state index is 11.9. The molecule has 20 heavy (non-hydrogen) atoms. The van der Waals surface area contributed by atoms with Gasteiger partial charge in [-0.25, -0.2) is 0 Å². The summed E-state index contributed by atoms with van der Waals surface area (Å²) >= 11 is 3.17.